The molecule has 1 saturated heterocycles. The van der Waals surface area contributed by atoms with Gasteiger partial charge in [0.2, 0.25) is 0 Å². The average molecular weight is 514 g/mol. The number of hydrogen-bond acceptors (Lipinski definition) is 6. The lowest BCUT2D eigenvalue weighted by Crippen LogP contribution is -2.37. The zero-order valence-electron chi connectivity index (χ0n) is 19.8. The first-order chi connectivity index (χ1) is 17.8. The number of hydrogen-bond donors (Lipinski definition) is 0. The summed E-state index contributed by atoms with van der Waals surface area (Å²) in [6.45, 7) is 1.84. The standard InChI is InChI=1S/C28H23N3O5S/c1-20-15-17-25(18-16-20)37(35,36)30-27(22-11-8-14-24(19-22)31(33)34)29(23-12-6-3-7-13-23)26(28(30)32)21-9-4-2-5-10-21/h2-19,26-27H,1H3. The third kappa shape index (κ3) is 4.34. The van der Waals surface area contributed by atoms with E-state index in [1.165, 1.54) is 30.3 Å². The summed E-state index contributed by atoms with van der Waals surface area (Å²) in [7, 11) is -4.34. The summed E-state index contributed by atoms with van der Waals surface area (Å²) in [5, 5.41) is 11.6. The van der Waals surface area contributed by atoms with Crippen molar-refractivity contribution >= 4 is 27.3 Å². The predicted molar refractivity (Wildman–Crippen MR) is 139 cm³/mol. The Labute approximate surface area is 214 Å². The van der Waals surface area contributed by atoms with Crippen LogP contribution in [0, 0.1) is 17.0 Å². The molecular weight excluding hydrogens is 490 g/mol. The van der Waals surface area contributed by atoms with E-state index >= 15 is 0 Å². The maximum absolute atomic E-state index is 14.2. The summed E-state index contributed by atoms with van der Waals surface area (Å²) in [4.78, 5) is 26.9. The Morgan fingerprint density at radius 1 is 0.784 bits per heavy atom. The van der Waals surface area contributed by atoms with E-state index in [9.17, 15) is 23.3 Å². The van der Waals surface area contributed by atoms with Gasteiger partial charge in [0.05, 0.1) is 9.82 Å². The summed E-state index contributed by atoms with van der Waals surface area (Å²) in [5.74, 6) is -0.646. The minimum Gasteiger partial charge on any atom is -0.330 e. The number of carbonyl (C=O) groups excluding carboxylic acids is 1. The minimum absolute atomic E-state index is 0.0383. The molecule has 0 N–H and O–H groups in total. The van der Waals surface area contributed by atoms with E-state index in [0.29, 0.717) is 16.8 Å². The highest BCUT2D eigenvalue weighted by atomic mass is 32.2. The second kappa shape index (κ2) is 9.51. The van der Waals surface area contributed by atoms with Crippen LogP contribution in [-0.2, 0) is 14.8 Å². The number of aryl methyl sites for hydroxylation is 1. The van der Waals surface area contributed by atoms with Crippen LogP contribution >= 0.6 is 0 Å². The second-order valence-electron chi connectivity index (χ2n) is 8.73. The highest BCUT2D eigenvalue weighted by molar-refractivity contribution is 7.89. The molecule has 8 nitrogen and oxygen atoms in total. The number of anilines is 1. The topological polar surface area (TPSA) is 101 Å². The van der Waals surface area contributed by atoms with Crippen LogP contribution in [0.4, 0.5) is 11.4 Å². The van der Waals surface area contributed by atoms with Crippen molar-refractivity contribution in [3.8, 4) is 0 Å². The van der Waals surface area contributed by atoms with E-state index in [1.54, 1.807) is 71.6 Å². The second-order valence-corrected chi connectivity index (χ2v) is 10.5. The molecule has 0 saturated carbocycles. The van der Waals surface area contributed by atoms with Gasteiger partial charge in [-0.3, -0.25) is 14.9 Å². The monoisotopic (exact) mass is 513 g/mol. The van der Waals surface area contributed by atoms with Gasteiger partial charge in [0.15, 0.2) is 0 Å². The molecule has 2 unspecified atom stereocenters. The number of sulfonamides is 1. The molecule has 1 fully saturated rings. The molecule has 4 aromatic rings. The Bertz CT molecular complexity index is 1560. The van der Waals surface area contributed by atoms with Crippen LogP contribution in [-0.4, -0.2) is 23.6 Å². The average Bonchev–Trinajstić information content (AvgIpc) is 3.23. The Morgan fingerprint density at radius 3 is 2.00 bits per heavy atom. The highest BCUT2D eigenvalue weighted by Gasteiger charge is 2.53. The van der Waals surface area contributed by atoms with Crippen molar-refractivity contribution in [2.24, 2.45) is 0 Å². The summed E-state index contributed by atoms with van der Waals surface area (Å²) in [5.41, 5.74) is 2.18. The summed E-state index contributed by atoms with van der Waals surface area (Å²) in [6, 6.07) is 28.9. The van der Waals surface area contributed by atoms with Gasteiger partial charge in [-0.05, 0) is 36.8 Å². The number of rotatable bonds is 6. The van der Waals surface area contributed by atoms with Crippen molar-refractivity contribution in [1.29, 1.82) is 0 Å². The molecule has 186 valence electrons. The van der Waals surface area contributed by atoms with E-state index in [4.69, 9.17) is 0 Å². The van der Waals surface area contributed by atoms with E-state index in [-0.39, 0.29) is 10.6 Å². The van der Waals surface area contributed by atoms with Crippen molar-refractivity contribution in [2.45, 2.75) is 24.0 Å². The van der Waals surface area contributed by atoms with Gasteiger partial charge in [0, 0.05) is 23.4 Å². The van der Waals surface area contributed by atoms with Gasteiger partial charge in [0.25, 0.3) is 21.6 Å². The smallest absolute Gasteiger partial charge is 0.269 e. The molecule has 37 heavy (non-hydrogen) atoms. The number of para-hydroxylation sites is 1. The molecule has 1 heterocycles. The zero-order valence-corrected chi connectivity index (χ0v) is 20.7. The fourth-order valence-electron chi connectivity index (χ4n) is 4.61. The molecule has 0 aliphatic carbocycles. The summed E-state index contributed by atoms with van der Waals surface area (Å²) >= 11 is 0. The maximum Gasteiger partial charge on any atom is 0.269 e. The van der Waals surface area contributed by atoms with Gasteiger partial charge in [-0.15, -0.1) is 0 Å². The predicted octanol–water partition coefficient (Wildman–Crippen LogP) is 5.38. The largest absolute Gasteiger partial charge is 0.330 e. The Morgan fingerprint density at radius 2 is 1.38 bits per heavy atom. The van der Waals surface area contributed by atoms with Crippen LogP contribution in [0.2, 0.25) is 0 Å². The lowest BCUT2D eigenvalue weighted by Gasteiger charge is -2.33. The first-order valence-corrected chi connectivity index (χ1v) is 13.0. The fraction of sp³-hybridized carbons (Fsp3) is 0.107. The molecule has 0 aromatic heterocycles. The van der Waals surface area contributed by atoms with Gasteiger partial charge in [-0.1, -0.05) is 78.4 Å². The van der Waals surface area contributed by atoms with Crippen LogP contribution in [0.1, 0.15) is 28.9 Å². The first kappa shape index (κ1) is 24.2. The molecule has 4 aromatic carbocycles. The number of nitro groups is 1. The number of nitro benzene ring substituents is 1. The van der Waals surface area contributed by atoms with Gasteiger partial charge in [0.1, 0.15) is 12.2 Å². The lowest BCUT2D eigenvalue weighted by molar-refractivity contribution is -0.384. The molecule has 0 bridgehead atoms. The molecule has 1 amide bonds. The molecule has 1 aliphatic rings. The first-order valence-electron chi connectivity index (χ1n) is 11.6. The molecule has 2 atom stereocenters. The number of non-ortho nitro benzene ring substituents is 1. The molecule has 1 aliphatic heterocycles. The maximum atomic E-state index is 14.2. The van der Waals surface area contributed by atoms with E-state index < -0.39 is 33.1 Å². The molecule has 9 heteroatoms. The van der Waals surface area contributed by atoms with E-state index in [2.05, 4.69) is 0 Å². The normalized spacial score (nSPS) is 17.7. The van der Waals surface area contributed by atoms with Crippen molar-refractivity contribution < 1.29 is 18.1 Å². The highest BCUT2D eigenvalue weighted by Crippen LogP contribution is 2.47. The van der Waals surface area contributed by atoms with Gasteiger partial charge < -0.3 is 4.90 Å². The van der Waals surface area contributed by atoms with Crippen LogP contribution in [0.25, 0.3) is 0 Å². The third-order valence-electron chi connectivity index (χ3n) is 6.34. The summed E-state index contributed by atoms with van der Waals surface area (Å²) in [6.07, 6.45) is -1.16. The van der Waals surface area contributed by atoms with Gasteiger partial charge in [-0.25, -0.2) is 12.7 Å². The van der Waals surface area contributed by atoms with Crippen LogP contribution in [0.3, 0.4) is 0 Å². The quantitative estimate of drug-likeness (QED) is 0.253. The van der Waals surface area contributed by atoms with Crippen LogP contribution in [0.15, 0.2) is 114 Å². The lowest BCUT2D eigenvalue weighted by atomic mass is 10.0. The number of benzene rings is 4. The zero-order chi connectivity index (χ0) is 26.2. The van der Waals surface area contributed by atoms with Crippen LogP contribution < -0.4 is 4.90 Å². The van der Waals surface area contributed by atoms with Crippen molar-refractivity contribution in [2.75, 3.05) is 4.90 Å². The number of nitrogens with zero attached hydrogens (tertiary/aromatic N) is 3. The Hall–Kier alpha value is -4.50. The van der Waals surface area contributed by atoms with E-state index in [1.807, 2.05) is 19.1 Å². The van der Waals surface area contributed by atoms with Crippen molar-refractivity contribution in [1.82, 2.24) is 4.31 Å². The number of amides is 1. The summed E-state index contributed by atoms with van der Waals surface area (Å²) < 4.78 is 29.0. The fourth-order valence-corrected chi connectivity index (χ4v) is 6.14. The molecule has 0 radical (unpaired) electrons. The SMILES string of the molecule is Cc1ccc(S(=O)(=O)N2C(=O)C(c3ccccc3)N(c3ccccc3)C2c2cccc([N+](=O)[O-])c2)cc1. The Balaban J connectivity index is 1.79. The van der Waals surface area contributed by atoms with Crippen molar-refractivity contribution in [3.05, 3.63) is 136 Å². The minimum atomic E-state index is -4.34. The van der Waals surface area contributed by atoms with Crippen molar-refractivity contribution in [3.63, 3.8) is 0 Å². The third-order valence-corrected chi connectivity index (χ3v) is 8.11. The van der Waals surface area contributed by atoms with Gasteiger partial charge in [-0.2, -0.15) is 0 Å². The van der Waals surface area contributed by atoms with E-state index in [0.717, 1.165) is 9.87 Å². The van der Waals surface area contributed by atoms with Crippen LogP contribution in [0.5, 0.6) is 0 Å². The molecule has 0 spiro atoms. The molecule has 5 rings (SSSR count). The van der Waals surface area contributed by atoms with Gasteiger partial charge >= 0.3 is 0 Å². The number of carbonyl (C=O) groups is 1. The Kier molecular flexibility index (Phi) is 6.22. The molecular formula is C28H23N3O5S.